The van der Waals surface area contributed by atoms with Gasteiger partial charge in [0.1, 0.15) is 10.6 Å². The molecule has 1 heterocycles. The third-order valence-corrected chi connectivity index (χ3v) is 5.85. The molecule has 0 fully saturated rings. The normalized spacial score (nSPS) is 10.5. The number of carbonyl (C=O) groups is 1. The first-order chi connectivity index (χ1) is 13.3. The topological polar surface area (TPSA) is 93.5 Å². The molecule has 0 unspecified atom stereocenters. The number of methoxy groups -OCH3 is 1. The third-order valence-electron chi connectivity index (χ3n) is 3.68. The summed E-state index contributed by atoms with van der Waals surface area (Å²) in [4.78, 5) is 23.0. The van der Waals surface area contributed by atoms with Gasteiger partial charge in [0.25, 0.3) is 11.6 Å². The minimum absolute atomic E-state index is 0.0214. The van der Waals surface area contributed by atoms with Gasteiger partial charge in [-0.3, -0.25) is 20.2 Å². The molecule has 7 nitrogen and oxygen atoms in total. The van der Waals surface area contributed by atoms with E-state index < -0.39 is 10.8 Å². The smallest absolute Gasteiger partial charge is 0.271 e. The Labute approximate surface area is 178 Å². The Morgan fingerprint density at radius 1 is 1.25 bits per heavy atom. The minimum atomic E-state index is -0.561. The molecule has 0 aliphatic heterocycles. The second-order valence-electron chi connectivity index (χ2n) is 5.44. The van der Waals surface area contributed by atoms with Gasteiger partial charge in [0, 0.05) is 22.2 Å². The first kappa shape index (κ1) is 20.3. The lowest BCUT2D eigenvalue weighted by atomic mass is 10.2. The molecule has 0 atom stereocenters. The van der Waals surface area contributed by atoms with Crippen molar-refractivity contribution >= 4 is 79.2 Å². The fraction of sp³-hybridized carbons (Fsp3) is 0.0588. The van der Waals surface area contributed by atoms with Crippen molar-refractivity contribution in [1.29, 1.82) is 0 Å². The van der Waals surface area contributed by atoms with E-state index in [4.69, 9.17) is 40.2 Å². The number of benzene rings is 2. The number of nitro benzene ring substituents is 1. The van der Waals surface area contributed by atoms with Crippen molar-refractivity contribution < 1.29 is 14.5 Å². The van der Waals surface area contributed by atoms with Crippen molar-refractivity contribution in [2.24, 2.45) is 0 Å². The quantitative estimate of drug-likeness (QED) is 0.316. The van der Waals surface area contributed by atoms with E-state index in [0.29, 0.717) is 21.3 Å². The van der Waals surface area contributed by atoms with E-state index in [1.165, 1.54) is 29.5 Å². The molecule has 28 heavy (non-hydrogen) atoms. The molecule has 144 valence electrons. The highest BCUT2D eigenvalue weighted by molar-refractivity contribution is 7.80. The van der Waals surface area contributed by atoms with Gasteiger partial charge in [-0.05, 0) is 36.5 Å². The van der Waals surface area contributed by atoms with Gasteiger partial charge >= 0.3 is 0 Å². The third kappa shape index (κ3) is 4.17. The van der Waals surface area contributed by atoms with Crippen molar-refractivity contribution in [3.8, 4) is 5.75 Å². The number of thiocarbonyl (C=S) groups is 1. The zero-order chi connectivity index (χ0) is 20.4. The number of non-ortho nitro benzene ring substituents is 1. The number of halogens is 2. The van der Waals surface area contributed by atoms with E-state index in [-0.39, 0.29) is 15.8 Å². The first-order valence-corrected chi connectivity index (χ1v) is 9.60. The summed E-state index contributed by atoms with van der Waals surface area (Å²) < 4.78 is 5.97. The van der Waals surface area contributed by atoms with Crippen LogP contribution in [0.1, 0.15) is 9.67 Å². The highest BCUT2D eigenvalue weighted by Gasteiger charge is 2.19. The number of fused-ring (bicyclic) bond motifs is 1. The predicted molar refractivity (Wildman–Crippen MR) is 115 cm³/mol. The average Bonchev–Trinajstić information content (AvgIpc) is 2.99. The lowest BCUT2D eigenvalue weighted by Crippen LogP contribution is -2.33. The van der Waals surface area contributed by atoms with Crippen LogP contribution in [0.5, 0.6) is 5.75 Å². The Morgan fingerprint density at radius 2 is 2.00 bits per heavy atom. The molecule has 2 aromatic carbocycles. The van der Waals surface area contributed by atoms with Gasteiger partial charge in [0.2, 0.25) is 0 Å². The second-order valence-corrected chi connectivity index (χ2v) is 7.68. The summed E-state index contributed by atoms with van der Waals surface area (Å²) in [5, 5.41) is 17.1. The van der Waals surface area contributed by atoms with Crippen LogP contribution < -0.4 is 15.4 Å². The molecular formula is C17H11Cl2N3O4S2. The number of hydrogen-bond donors (Lipinski definition) is 2. The molecule has 0 saturated heterocycles. The molecule has 0 bridgehead atoms. The minimum Gasteiger partial charge on any atom is -0.497 e. The maximum absolute atomic E-state index is 12.6. The Balaban J connectivity index is 1.76. The van der Waals surface area contributed by atoms with Crippen LogP contribution in [-0.2, 0) is 0 Å². The molecule has 0 aliphatic carbocycles. The van der Waals surface area contributed by atoms with Crippen LogP contribution in [0.15, 0.2) is 36.4 Å². The highest BCUT2D eigenvalue weighted by atomic mass is 35.5. The van der Waals surface area contributed by atoms with Crippen molar-refractivity contribution in [3.05, 3.63) is 61.4 Å². The number of ether oxygens (including phenoxy) is 1. The summed E-state index contributed by atoms with van der Waals surface area (Å²) in [6, 6.07) is 9.18. The van der Waals surface area contributed by atoms with Crippen LogP contribution >= 0.6 is 46.8 Å². The fourth-order valence-electron chi connectivity index (χ4n) is 2.35. The summed E-state index contributed by atoms with van der Waals surface area (Å²) in [6.07, 6.45) is 0. The van der Waals surface area contributed by atoms with Crippen LogP contribution in [0.2, 0.25) is 10.0 Å². The number of nitrogens with zero attached hydrogens (tertiary/aromatic N) is 1. The number of carbonyl (C=O) groups excluding carboxylic acids is 1. The molecule has 3 rings (SSSR count). The van der Waals surface area contributed by atoms with E-state index in [1.54, 1.807) is 25.3 Å². The molecular weight excluding hydrogens is 445 g/mol. The van der Waals surface area contributed by atoms with Crippen molar-refractivity contribution in [2.45, 2.75) is 0 Å². The van der Waals surface area contributed by atoms with Crippen LogP contribution in [0.3, 0.4) is 0 Å². The Hall–Kier alpha value is -2.46. The molecule has 0 saturated carbocycles. The number of anilines is 1. The van der Waals surface area contributed by atoms with Gasteiger partial charge in [-0.1, -0.05) is 23.2 Å². The number of nitro groups is 1. The maximum atomic E-state index is 12.6. The highest BCUT2D eigenvalue weighted by Crippen LogP contribution is 2.37. The maximum Gasteiger partial charge on any atom is 0.271 e. The molecule has 0 spiro atoms. The van der Waals surface area contributed by atoms with Gasteiger partial charge in [-0.2, -0.15) is 0 Å². The number of amides is 1. The van der Waals surface area contributed by atoms with E-state index in [1.807, 2.05) is 0 Å². The Morgan fingerprint density at radius 3 is 2.64 bits per heavy atom. The van der Waals surface area contributed by atoms with Crippen molar-refractivity contribution in [1.82, 2.24) is 5.32 Å². The van der Waals surface area contributed by atoms with E-state index >= 15 is 0 Å². The summed E-state index contributed by atoms with van der Waals surface area (Å²) in [6.45, 7) is 0. The average molecular weight is 456 g/mol. The number of nitrogens with one attached hydrogen (secondary N) is 2. The van der Waals surface area contributed by atoms with Gasteiger partial charge in [0.05, 0.1) is 27.8 Å². The molecule has 1 amide bonds. The van der Waals surface area contributed by atoms with Crippen LogP contribution in [0, 0.1) is 10.1 Å². The Bertz CT molecular complexity index is 1120. The van der Waals surface area contributed by atoms with E-state index in [0.717, 1.165) is 10.1 Å². The molecule has 11 heteroatoms. The fourth-order valence-corrected chi connectivity index (χ4v) is 4.22. The summed E-state index contributed by atoms with van der Waals surface area (Å²) in [7, 11) is 1.55. The first-order valence-electron chi connectivity index (χ1n) is 7.62. The number of rotatable bonds is 4. The van der Waals surface area contributed by atoms with Gasteiger partial charge in [-0.25, -0.2) is 0 Å². The molecule has 1 aromatic heterocycles. The van der Waals surface area contributed by atoms with Crippen molar-refractivity contribution in [3.63, 3.8) is 0 Å². The lowest BCUT2D eigenvalue weighted by Gasteiger charge is -2.10. The van der Waals surface area contributed by atoms with Gasteiger partial charge < -0.3 is 10.1 Å². The summed E-state index contributed by atoms with van der Waals surface area (Å²) in [5.41, 5.74) is 0.169. The summed E-state index contributed by atoms with van der Waals surface area (Å²) >= 11 is 18.7. The Kier molecular flexibility index (Phi) is 5.99. The van der Waals surface area contributed by atoms with Gasteiger partial charge in [-0.15, -0.1) is 11.3 Å². The summed E-state index contributed by atoms with van der Waals surface area (Å²) in [5.74, 6) is 0.170. The van der Waals surface area contributed by atoms with E-state index in [9.17, 15) is 14.9 Å². The van der Waals surface area contributed by atoms with E-state index in [2.05, 4.69) is 10.6 Å². The zero-order valence-electron chi connectivity index (χ0n) is 14.1. The molecule has 2 N–H and O–H groups in total. The van der Waals surface area contributed by atoms with Crippen LogP contribution in [-0.4, -0.2) is 23.1 Å². The largest absolute Gasteiger partial charge is 0.497 e. The van der Waals surface area contributed by atoms with Gasteiger partial charge in [0.15, 0.2) is 5.11 Å². The van der Waals surface area contributed by atoms with Crippen LogP contribution in [0.4, 0.5) is 11.4 Å². The second kappa shape index (κ2) is 8.27. The monoisotopic (exact) mass is 455 g/mol. The molecule has 0 radical (unpaired) electrons. The molecule has 0 aliphatic rings. The number of hydrogen-bond acceptors (Lipinski definition) is 6. The molecule has 3 aromatic rings. The van der Waals surface area contributed by atoms with Crippen LogP contribution in [0.25, 0.3) is 10.1 Å². The standard InChI is InChI=1S/C17H11Cl2N3O4S2/c1-26-9-3-4-10-13(7-9)28-15(14(10)19)16(23)21-17(27)20-12-5-2-8(22(24)25)6-11(12)18/h2-7H,1H3,(H2,20,21,23,27). The lowest BCUT2D eigenvalue weighted by molar-refractivity contribution is -0.384. The predicted octanol–water partition coefficient (Wildman–Crippen LogP) is 5.25. The SMILES string of the molecule is COc1ccc2c(Cl)c(C(=O)NC(=S)Nc3ccc([N+](=O)[O-])cc3Cl)sc2c1. The number of thiophene rings is 1. The van der Waals surface area contributed by atoms with Crippen molar-refractivity contribution in [2.75, 3.05) is 12.4 Å². The zero-order valence-corrected chi connectivity index (χ0v) is 17.3.